The van der Waals surface area contributed by atoms with Crippen LogP contribution in [0, 0.1) is 0 Å². The van der Waals surface area contributed by atoms with Crippen LogP contribution in [0.3, 0.4) is 0 Å². The number of Topliss-reactive ketones (excluding diaryl/α,β-unsaturated/α-hetero) is 1. The average molecular weight is 433 g/mol. The first-order chi connectivity index (χ1) is 15.5. The summed E-state index contributed by atoms with van der Waals surface area (Å²) in [6.45, 7) is 7.46. The Morgan fingerprint density at radius 3 is 2.59 bits per heavy atom. The van der Waals surface area contributed by atoms with Gasteiger partial charge >= 0.3 is 0 Å². The Hall–Kier alpha value is -3.45. The minimum absolute atomic E-state index is 0.0552. The van der Waals surface area contributed by atoms with Crippen LogP contribution in [0.4, 0.5) is 0 Å². The van der Waals surface area contributed by atoms with E-state index in [2.05, 4.69) is 22.2 Å². The third-order valence-corrected chi connectivity index (χ3v) is 6.05. The quantitative estimate of drug-likeness (QED) is 0.500. The molecule has 0 unspecified atom stereocenters. The van der Waals surface area contributed by atoms with E-state index in [4.69, 9.17) is 0 Å². The molecule has 4 rings (SSSR count). The molecule has 166 valence electrons. The summed E-state index contributed by atoms with van der Waals surface area (Å²) in [5, 5.41) is 6.73. The molecule has 32 heavy (non-hydrogen) atoms. The summed E-state index contributed by atoms with van der Waals surface area (Å²) < 4.78 is 1.51. The maximum Gasteiger partial charge on any atom is 0.268 e. The maximum atomic E-state index is 13.5. The summed E-state index contributed by atoms with van der Waals surface area (Å²) >= 11 is 0. The van der Waals surface area contributed by atoms with E-state index < -0.39 is 0 Å². The van der Waals surface area contributed by atoms with Crippen molar-refractivity contribution >= 4 is 28.7 Å². The third-order valence-electron chi connectivity index (χ3n) is 6.05. The van der Waals surface area contributed by atoms with Crippen LogP contribution in [0.25, 0.3) is 17.0 Å². The van der Waals surface area contributed by atoms with E-state index in [1.54, 1.807) is 24.3 Å². The number of aryl methyl sites for hydroxylation is 1. The number of pyridine rings is 1. The van der Waals surface area contributed by atoms with Gasteiger partial charge in [-0.3, -0.25) is 14.4 Å². The van der Waals surface area contributed by atoms with E-state index in [0.717, 1.165) is 31.6 Å². The summed E-state index contributed by atoms with van der Waals surface area (Å²) in [6.07, 6.45) is 3.84. The van der Waals surface area contributed by atoms with Gasteiger partial charge in [-0.15, -0.1) is 0 Å². The number of rotatable bonds is 7. The molecular weight excluding hydrogens is 404 g/mol. The van der Waals surface area contributed by atoms with Gasteiger partial charge in [0.15, 0.2) is 5.78 Å². The molecule has 7 nitrogen and oxygen atoms in total. The van der Waals surface area contributed by atoms with E-state index in [9.17, 15) is 14.4 Å². The van der Waals surface area contributed by atoms with E-state index in [0.29, 0.717) is 34.1 Å². The first-order valence-corrected chi connectivity index (χ1v) is 11.0. The second kappa shape index (κ2) is 9.36. The normalized spacial score (nSPS) is 14.4. The van der Waals surface area contributed by atoms with Gasteiger partial charge in [0.25, 0.3) is 11.5 Å². The monoisotopic (exact) mass is 432 g/mol. The fourth-order valence-electron chi connectivity index (χ4n) is 4.32. The van der Waals surface area contributed by atoms with E-state index in [1.807, 2.05) is 19.1 Å². The fourth-order valence-corrected chi connectivity index (χ4v) is 4.32. The molecule has 1 aliphatic rings. The van der Waals surface area contributed by atoms with Crippen molar-refractivity contribution in [3.8, 4) is 0 Å². The molecule has 1 amide bonds. The minimum Gasteiger partial charge on any atom is -0.350 e. The molecule has 3 heterocycles. The first-order valence-electron chi connectivity index (χ1n) is 11.0. The Bertz CT molecular complexity index is 1220. The predicted molar refractivity (Wildman–Crippen MR) is 126 cm³/mol. The predicted octanol–water partition coefficient (Wildman–Crippen LogP) is 2.90. The van der Waals surface area contributed by atoms with Crippen LogP contribution in [0.15, 0.2) is 47.8 Å². The van der Waals surface area contributed by atoms with Crippen molar-refractivity contribution in [2.45, 2.75) is 38.8 Å². The van der Waals surface area contributed by atoms with Gasteiger partial charge in [0.05, 0.1) is 17.4 Å². The summed E-state index contributed by atoms with van der Waals surface area (Å²) in [6, 6.07) is 10.9. The van der Waals surface area contributed by atoms with Crippen LogP contribution in [0.1, 0.15) is 51.9 Å². The lowest BCUT2D eigenvalue weighted by Gasteiger charge is -2.23. The van der Waals surface area contributed by atoms with Crippen LogP contribution in [-0.2, 0) is 13.0 Å². The number of piperidine rings is 1. The third kappa shape index (κ3) is 4.16. The number of H-pyrrole nitrogens is 1. The first kappa shape index (κ1) is 21.8. The number of hydrogen-bond acceptors (Lipinski definition) is 4. The second-order valence-electron chi connectivity index (χ2n) is 8.07. The second-order valence-corrected chi connectivity index (χ2v) is 8.07. The Morgan fingerprint density at radius 2 is 1.94 bits per heavy atom. The van der Waals surface area contributed by atoms with E-state index in [1.165, 1.54) is 10.6 Å². The number of nitrogens with one attached hydrogen (secondary N) is 3. The number of nitrogens with zero attached hydrogens (tertiary/aromatic N) is 1. The lowest BCUT2D eigenvalue weighted by Crippen LogP contribution is -2.43. The molecule has 2 aromatic heterocycles. The van der Waals surface area contributed by atoms with Crippen LogP contribution in [0.2, 0.25) is 0 Å². The standard InChI is InChI=1S/C25H28N4O3/c1-3-18-14-20-22(25(32)29(18)15-21(30)16-8-6-5-7-9-16)19(4-2)23(28-20)24(31)27-17-10-12-26-13-11-17/h4-9,14,17,26,28H,2-3,10-13,15H2,1H3,(H,27,31). The molecule has 1 aromatic carbocycles. The number of hydrogen-bond donors (Lipinski definition) is 3. The SMILES string of the molecule is C=Cc1c(C(=O)NC2CCNCC2)[nH]c2cc(CC)n(CC(=O)c3ccccc3)c(=O)c12. The highest BCUT2D eigenvalue weighted by atomic mass is 16.2. The van der Waals surface area contributed by atoms with Crippen molar-refractivity contribution in [3.05, 3.63) is 75.8 Å². The van der Waals surface area contributed by atoms with Crippen molar-refractivity contribution in [2.75, 3.05) is 13.1 Å². The van der Waals surface area contributed by atoms with E-state index in [-0.39, 0.29) is 29.8 Å². The number of aromatic nitrogens is 2. The van der Waals surface area contributed by atoms with Crippen molar-refractivity contribution in [2.24, 2.45) is 0 Å². The molecular formula is C25H28N4O3. The van der Waals surface area contributed by atoms with Gasteiger partial charge in [0, 0.05) is 22.9 Å². The highest BCUT2D eigenvalue weighted by molar-refractivity contribution is 6.04. The Balaban J connectivity index is 1.74. The molecule has 1 saturated heterocycles. The number of carbonyl (C=O) groups excluding carboxylic acids is 2. The van der Waals surface area contributed by atoms with E-state index >= 15 is 0 Å². The zero-order valence-corrected chi connectivity index (χ0v) is 18.2. The molecule has 3 N–H and O–H groups in total. The molecule has 0 spiro atoms. The number of benzene rings is 1. The average Bonchev–Trinajstić information content (AvgIpc) is 3.20. The molecule has 0 radical (unpaired) electrons. The molecule has 1 aliphatic heterocycles. The topological polar surface area (TPSA) is 96.0 Å². The van der Waals surface area contributed by atoms with Crippen molar-refractivity contribution < 1.29 is 9.59 Å². The number of fused-ring (bicyclic) bond motifs is 1. The molecule has 3 aromatic rings. The number of carbonyl (C=O) groups is 2. The number of amides is 1. The number of aromatic amines is 1. The van der Waals surface area contributed by atoms with Crippen LogP contribution >= 0.6 is 0 Å². The van der Waals surface area contributed by atoms with Crippen LogP contribution in [0.5, 0.6) is 0 Å². The molecule has 0 bridgehead atoms. The van der Waals surface area contributed by atoms with Gasteiger partial charge in [0.2, 0.25) is 0 Å². The minimum atomic E-state index is -0.296. The summed E-state index contributed by atoms with van der Waals surface area (Å²) in [5.74, 6) is -0.381. The van der Waals surface area contributed by atoms with Gasteiger partial charge in [-0.1, -0.05) is 49.9 Å². The van der Waals surface area contributed by atoms with Gasteiger partial charge in [-0.05, 0) is 38.4 Å². The fraction of sp³-hybridized carbons (Fsp3) is 0.320. The molecule has 1 fully saturated rings. The number of ketones is 1. The zero-order valence-electron chi connectivity index (χ0n) is 18.2. The lowest BCUT2D eigenvalue weighted by atomic mass is 10.1. The summed E-state index contributed by atoms with van der Waals surface area (Å²) in [7, 11) is 0. The van der Waals surface area contributed by atoms with Gasteiger partial charge in [0.1, 0.15) is 5.69 Å². The lowest BCUT2D eigenvalue weighted by molar-refractivity contribution is 0.0923. The van der Waals surface area contributed by atoms with Gasteiger partial charge < -0.3 is 20.2 Å². The zero-order chi connectivity index (χ0) is 22.7. The van der Waals surface area contributed by atoms with Gasteiger partial charge in [-0.25, -0.2) is 0 Å². The largest absolute Gasteiger partial charge is 0.350 e. The van der Waals surface area contributed by atoms with Crippen LogP contribution < -0.4 is 16.2 Å². The van der Waals surface area contributed by atoms with Crippen molar-refractivity contribution in [1.82, 2.24) is 20.2 Å². The van der Waals surface area contributed by atoms with Crippen LogP contribution in [-0.4, -0.2) is 40.4 Å². The van der Waals surface area contributed by atoms with Crippen molar-refractivity contribution in [3.63, 3.8) is 0 Å². The summed E-state index contributed by atoms with van der Waals surface area (Å²) in [4.78, 5) is 42.4. The Kier molecular flexibility index (Phi) is 6.37. The van der Waals surface area contributed by atoms with Gasteiger partial charge in [-0.2, -0.15) is 0 Å². The summed E-state index contributed by atoms with van der Waals surface area (Å²) in [5.41, 5.74) is 2.38. The molecule has 0 aliphatic carbocycles. The highest BCUT2D eigenvalue weighted by Gasteiger charge is 2.23. The maximum absolute atomic E-state index is 13.5. The molecule has 7 heteroatoms. The molecule has 0 saturated carbocycles. The Morgan fingerprint density at radius 1 is 1.22 bits per heavy atom. The highest BCUT2D eigenvalue weighted by Crippen LogP contribution is 2.23. The Labute approximate surface area is 186 Å². The van der Waals surface area contributed by atoms with Crippen molar-refractivity contribution in [1.29, 1.82) is 0 Å². The smallest absolute Gasteiger partial charge is 0.268 e. The molecule has 0 atom stereocenters.